The van der Waals surface area contributed by atoms with Crippen molar-refractivity contribution < 1.29 is 4.79 Å². The van der Waals surface area contributed by atoms with Gasteiger partial charge in [0, 0.05) is 5.69 Å². The van der Waals surface area contributed by atoms with Gasteiger partial charge in [0.05, 0.1) is 6.04 Å². The first-order valence-corrected chi connectivity index (χ1v) is 3.73. The molecule has 0 heterocycles. The molecule has 64 valence electrons. The van der Waals surface area contributed by atoms with Crippen molar-refractivity contribution >= 4 is 11.5 Å². The molecular formula is C9H12N2O. The Morgan fingerprint density at radius 3 is 2.50 bits per heavy atom. The van der Waals surface area contributed by atoms with Crippen LogP contribution < -0.4 is 11.5 Å². The quantitative estimate of drug-likeness (QED) is 0.637. The molecule has 0 saturated carbocycles. The molecule has 0 bridgehead atoms. The van der Waals surface area contributed by atoms with E-state index in [0.29, 0.717) is 11.3 Å². The maximum Gasteiger partial charge on any atom is 0.151 e. The zero-order valence-corrected chi connectivity index (χ0v) is 6.95. The summed E-state index contributed by atoms with van der Waals surface area (Å²) in [5, 5.41) is 0. The number of para-hydroxylation sites is 1. The van der Waals surface area contributed by atoms with Crippen LogP contribution in [0.2, 0.25) is 0 Å². The van der Waals surface area contributed by atoms with Crippen LogP contribution in [0, 0.1) is 0 Å². The number of hydrogen-bond donors (Lipinski definition) is 2. The van der Waals surface area contributed by atoms with E-state index in [2.05, 4.69) is 0 Å². The van der Waals surface area contributed by atoms with E-state index in [1.807, 2.05) is 12.1 Å². The summed E-state index contributed by atoms with van der Waals surface area (Å²) in [5.74, 6) is -0.0760. The van der Waals surface area contributed by atoms with Crippen molar-refractivity contribution in [2.75, 3.05) is 5.73 Å². The summed E-state index contributed by atoms with van der Waals surface area (Å²) < 4.78 is 0. The van der Waals surface area contributed by atoms with Gasteiger partial charge in [-0.2, -0.15) is 0 Å². The number of rotatable bonds is 2. The third-order valence-corrected chi connectivity index (χ3v) is 1.77. The lowest BCUT2D eigenvalue weighted by Gasteiger charge is -2.10. The van der Waals surface area contributed by atoms with Gasteiger partial charge < -0.3 is 11.5 Å². The van der Waals surface area contributed by atoms with E-state index in [1.54, 1.807) is 12.1 Å². The second kappa shape index (κ2) is 3.36. The second-order valence-electron chi connectivity index (χ2n) is 2.72. The Hall–Kier alpha value is -1.35. The molecule has 4 N–H and O–H groups in total. The summed E-state index contributed by atoms with van der Waals surface area (Å²) in [5.41, 5.74) is 12.5. The van der Waals surface area contributed by atoms with Crippen molar-refractivity contribution in [3.8, 4) is 0 Å². The van der Waals surface area contributed by atoms with Crippen LogP contribution >= 0.6 is 0 Å². The summed E-state index contributed by atoms with van der Waals surface area (Å²) in [7, 11) is 0. The topological polar surface area (TPSA) is 69.1 Å². The van der Waals surface area contributed by atoms with Crippen molar-refractivity contribution in [3.05, 3.63) is 29.8 Å². The average molecular weight is 164 g/mol. The number of nitrogen functional groups attached to an aromatic ring is 1. The summed E-state index contributed by atoms with van der Waals surface area (Å²) in [6.07, 6.45) is 0. The minimum atomic E-state index is -0.591. The molecule has 0 radical (unpaired) electrons. The standard InChI is InChI=1S/C9H12N2O/c1-6(12)9(11)7-4-2-3-5-8(7)10/h2-5,9H,10-11H2,1H3. The Balaban J connectivity index is 3.02. The largest absolute Gasteiger partial charge is 0.398 e. The van der Waals surface area contributed by atoms with Crippen molar-refractivity contribution in [2.24, 2.45) is 5.73 Å². The molecule has 3 nitrogen and oxygen atoms in total. The molecule has 0 spiro atoms. The second-order valence-corrected chi connectivity index (χ2v) is 2.72. The van der Waals surface area contributed by atoms with Gasteiger partial charge >= 0.3 is 0 Å². The molecule has 0 aromatic heterocycles. The Morgan fingerprint density at radius 2 is 2.00 bits per heavy atom. The third-order valence-electron chi connectivity index (χ3n) is 1.77. The molecule has 0 saturated heterocycles. The number of benzene rings is 1. The van der Waals surface area contributed by atoms with Gasteiger partial charge in [0.1, 0.15) is 0 Å². The highest BCUT2D eigenvalue weighted by atomic mass is 16.1. The van der Waals surface area contributed by atoms with Gasteiger partial charge in [0.2, 0.25) is 0 Å². The van der Waals surface area contributed by atoms with Crippen LogP contribution in [0.5, 0.6) is 0 Å². The number of anilines is 1. The predicted octanol–water partition coefficient (Wildman–Crippen LogP) is 0.858. The van der Waals surface area contributed by atoms with E-state index < -0.39 is 6.04 Å². The molecule has 0 aliphatic rings. The van der Waals surface area contributed by atoms with Crippen LogP contribution in [0.25, 0.3) is 0 Å². The molecule has 0 aliphatic carbocycles. The number of carbonyl (C=O) groups excluding carboxylic acids is 1. The van der Waals surface area contributed by atoms with Gasteiger partial charge in [0.15, 0.2) is 5.78 Å². The molecule has 1 unspecified atom stereocenters. The fourth-order valence-corrected chi connectivity index (χ4v) is 1.01. The predicted molar refractivity (Wildman–Crippen MR) is 48.5 cm³/mol. The molecule has 1 aromatic carbocycles. The molecular weight excluding hydrogens is 152 g/mol. The number of hydrogen-bond acceptors (Lipinski definition) is 3. The number of Topliss-reactive ketones (excluding diaryl/α,β-unsaturated/α-hetero) is 1. The molecule has 3 heteroatoms. The fraction of sp³-hybridized carbons (Fsp3) is 0.222. The first kappa shape index (κ1) is 8.74. The zero-order chi connectivity index (χ0) is 9.14. The van der Waals surface area contributed by atoms with Crippen molar-refractivity contribution in [1.29, 1.82) is 0 Å². The van der Waals surface area contributed by atoms with Gasteiger partial charge in [0.25, 0.3) is 0 Å². The zero-order valence-electron chi connectivity index (χ0n) is 6.95. The minimum absolute atomic E-state index is 0.0760. The van der Waals surface area contributed by atoms with E-state index >= 15 is 0 Å². The van der Waals surface area contributed by atoms with E-state index in [-0.39, 0.29) is 5.78 Å². The highest BCUT2D eigenvalue weighted by molar-refractivity contribution is 5.84. The van der Waals surface area contributed by atoms with Gasteiger partial charge in [-0.25, -0.2) is 0 Å². The van der Waals surface area contributed by atoms with E-state index in [0.717, 1.165) is 0 Å². The lowest BCUT2D eigenvalue weighted by molar-refractivity contribution is -0.118. The summed E-state index contributed by atoms with van der Waals surface area (Å²) >= 11 is 0. The monoisotopic (exact) mass is 164 g/mol. The van der Waals surface area contributed by atoms with Gasteiger partial charge in [-0.05, 0) is 18.6 Å². The number of ketones is 1. The third kappa shape index (κ3) is 1.62. The van der Waals surface area contributed by atoms with Gasteiger partial charge in [-0.3, -0.25) is 4.79 Å². The SMILES string of the molecule is CC(=O)C(N)c1ccccc1N. The van der Waals surface area contributed by atoms with Crippen LogP contribution in [0.15, 0.2) is 24.3 Å². The molecule has 1 aromatic rings. The summed E-state index contributed by atoms with van der Waals surface area (Å²) in [6, 6.07) is 6.53. The molecule has 0 amide bonds. The van der Waals surface area contributed by atoms with E-state index in [9.17, 15) is 4.79 Å². The van der Waals surface area contributed by atoms with Crippen molar-refractivity contribution in [1.82, 2.24) is 0 Å². The van der Waals surface area contributed by atoms with Gasteiger partial charge in [-0.15, -0.1) is 0 Å². The number of nitrogens with two attached hydrogens (primary N) is 2. The van der Waals surface area contributed by atoms with E-state index in [1.165, 1.54) is 6.92 Å². The smallest absolute Gasteiger partial charge is 0.151 e. The maximum absolute atomic E-state index is 10.9. The fourth-order valence-electron chi connectivity index (χ4n) is 1.01. The van der Waals surface area contributed by atoms with Crippen LogP contribution in [0.1, 0.15) is 18.5 Å². The lowest BCUT2D eigenvalue weighted by atomic mass is 10.0. The Morgan fingerprint density at radius 1 is 1.42 bits per heavy atom. The Labute approximate surface area is 71.4 Å². The normalized spacial score (nSPS) is 12.5. The summed E-state index contributed by atoms with van der Waals surface area (Å²) in [6.45, 7) is 1.46. The number of carbonyl (C=O) groups is 1. The van der Waals surface area contributed by atoms with Crippen LogP contribution in [0.3, 0.4) is 0 Å². The Bertz CT molecular complexity index is 296. The van der Waals surface area contributed by atoms with Crippen molar-refractivity contribution in [3.63, 3.8) is 0 Å². The minimum Gasteiger partial charge on any atom is -0.398 e. The molecule has 0 aliphatic heterocycles. The Kier molecular flexibility index (Phi) is 2.45. The van der Waals surface area contributed by atoms with Crippen LogP contribution in [-0.2, 0) is 4.79 Å². The van der Waals surface area contributed by atoms with Gasteiger partial charge in [-0.1, -0.05) is 18.2 Å². The van der Waals surface area contributed by atoms with E-state index in [4.69, 9.17) is 11.5 Å². The van der Waals surface area contributed by atoms with Crippen LogP contribution in [0.4, 0.5) is 5.69 Å². The van der Waals surface area contributed by atoms with Crippen LogP contribution in [-0.4, -0.2) is 5.78 Å². The highest BCUT2D eigenvalue weighted by Gasteiger charge is 2.12. The summed E-state index contributed by atoms with van der Waals surface area (Å²) in [4.78, 5) is 10.9. The lowest BCUT2D eigenvalue weighted by Crippen LogP contribution is -2.19. The first-order valence-electron chi connectivity index (χ1n) is 3.73. The molecule has 0 fully saturated rings. The van der Waals surface area contributed by atoms with Crippen molar-refractivity contribution in [2.45, 2.75) is 13.0 Å². The highest BCUT2D eigenvalue weighted by Crippen LogP contribution is 2.17. The average Bonchev–Trinajstić information content (AvgIpc) is 2.04. The first-order chi connectivity index (χ1) is 5.63. The molecule has 12 heavy (non-hydrogen) atoms. The maximum atomic E-state index is 10.9. The molecule has 1 atom stereocenters. The molecule has 1 rings (SSSR count).